The Morgan fingerprint density at radius 1 is 1.50 bits per heavy atom. The predicted octanol–water partition coefficient (Wildman–Crippen LogP) is 1.96. The molecule has 1 aromatic rings. The Labute approximate surface area is 105 Å². The molecule has 2 heterocycles. The molecular formula is C13H15N3O2. The normalized spacial score (nSPS) is 16.1. The van der Waals surface area contributed by atoms with E-state index in [-0.39, 0.29) is 23.4 Å². The molecule has 1 unspecified atom stereocenters. The first-order chi connectivity index (χ1) is 8.45. The lowest BCUT2D eigenvalue weighted by atomic mass is 10.0. The summed E-state index contributed by atoms with van der Waals surface area (Å²) in [5, 5.41) is 17.7. The van der Waals surface area contributed by atoms with Gasteiger partial charge in [0.15, 0.2) is 0 Å². The number of nitrogens with one attached hydrogen (secondary N) is 1. The van der Waals surface area contributed by atoms with E-state index in [0.29, 0.717) is 11.1 Å². The van der Waals surface area contributed by atoms with Crippen molar-refractivity contribution >= 4 is 11.7 Å². The fourth-order valence-electron chi connectivity index (χ4n) is 2.23. The van der Waals surface area contributed by atoms with E-state index in [1.807, 2.05) is 13.8 Å². The number of pyridine rings is 1. The first kappa shape index (κ1) is 12.3. The lowest BCUT2D eigenvalue weighted by molar-refractivity contribution is 0.0778. The van der Waals surface area contributed by atoms with Gasteiger partial charge in [-0.15, -0.1) is 0 Å². The SMILES string of the molecule is C=C(O)C(C(C)C)N1C(=N)c2ccncc2C1=O. The van der Waals surface area contributed by atoms with Gasteiger partial charge in [-0.25, -0.2) is 0 Å². The first-order valence-corrected chi connectivity index (χ1v) is 5.69. The highest BCUT2D eigenvalue weighted by Gasteiger charge is 2.39. The van der Waals surface area contributed by atoms with Crippen molar-refractivity contribution in [3.63, 3.8) is 0 Å². The van der Waals surface area contributed by atoms with Gasteiger partial charge in [-0.1, -0.05) is 20.4 Å². The maximum atomic E-state index is 12.3. The molecule has 2 N–H and O–H groups in total. The van der Waals surface area contributed by atoms with Crippen molar-refractivity contribution in [3.05, 3.63) is 41.9 Å². The van der Waals surface area contributed by atoms with Crippen LogP contribution in [0.3, 0.4) is 0 Å². The third-order valence-electron chi connectivity index (χ3n) is 3.02. The monoisotopic (exact) mass is 245 g/mol. The van der Waals surface area contributed by atoms with Crippen LogP contribution >= 0.6 is 0 Å². The number of carbonyl (C=O) groups excluding carboxylic acids is 1. The highest BCUT2D eigenvalue weighted by atomic mass is 16.3. The minimum atomic E-state index is -0.586. The summed E-state index contributed by atoms with van der Waals surface area (Å²) in [5.41, 5.74) is 0.941. The summed E-state index contributed by atoms with van der Waals surface area (Å²) in [6, 6.07) is 1.05. The van der Waals surface area contributed by atoms with Gasteiger partial charge < -0.3 is 5.11 Å². The van der Waals surface area contributed by atoms with Crippen LogP contribution in [0.4, 0.5) is 0 Å². The van der Waals surface area contributed by atoms with Crippen molar-refractivity contribution in [2.24, 2.45) is 5.92 Å². The van der Waals surface area contributed by atoms with E-state index in [4.69, 9.17) is 5.41 Å². The molecule has 1 aliphatic heterocycles. The van der Waals surface area contributed by atoms with Crippen LogP contribution in [0.1, 0.15) is 29.8 Å². The fraction of sp³-hybridized carbons (Fsp3) is 0.308. The number of hydrogen-bond donors (Lipinski definition) is 2. The van der Waals surface area contributed by atoms with Crippen LogP contribution in [0.5, 0.6) is 0 Å². The highest BCUT2D eigenvalue weighted by Crippen LogP contribution is 2.28. The summed E-state index contributed by atoms with van der Waals surface area (Å²) in [4.78, 5) is 17.4. The van der Waals surface area contributed by atoms with E-state index < -0.39 is 6.04 Å². The second-order valence-electron chi connectivity index (χ2n) is 4.63. The van der Waals surface area contributed by atoms with Crippen LogP contribution in [0.2, 0.25) is 0 Å². The molecule has 5 heteroatoms. The predicted molar refractivity (Wildman–Crippen MR) is 67.6 cm³/mol. The molecule has 0 aromatic carbocycles. The maximum absolute atomic E-state index is 12.3. The summed E-state index contributed by atoms with van der Waals surface area (Å²) in [6.45, 7) is 7.24. The Morgan fingerprint density at radius 3 is 2.67 bits per heavy atom. The number of rotatable bonds is 3. The molecule has 18 heavy (non-hydrogen) atoms. The number of carbonyl (C=O) groups is 1. The van der Waals surface area contributed by atoms with Crippen LogP contribution in [-0.2, 0) is 0 Å². The van der Waals surface area contributed by atoms with Gasteiger partial charge in [-0.05, 0) is 12.0 Å². The number of aliphatic hydroxyl groups is 1. The Balaban J connectivity index is 2.47. The van der Waals surface area contributed by atoms with Gasteiger partial charge in [-0.2, -0.15) is 0 Å². The molecule has 0 radical (unpaired) electrons. The first-order valence-electron chi connectivity index (χ1n) is 5.69. The van der Waals surface area contributed by atoms with Crippen LogP contribution in [0.25, 0.3) is 0 Å². The minimum absolute atomic E-state index is 0.0333. The summed E-state index contributed by atoms with van der Waals surface area (Å²) in [5.74, 6) is -0.360. The molecule has 0 spiro atoms. The lowest BCUT2D eigenvalue weighted by Crippen LogP contribution is -2.44. The zero-order valence-corrected chi connectivity index (χ0v) is 10.3. The van der Waals surface area contributed by atoms with Gasteiger partial charge in [0.1, 0.15) is 11.6 Å². The third kappa shape index (κ3) is 1.68. The number of aliphatic hydroxyl groups excluding tert-OH is 1. The van der Waals surface area contributed by atoms with E-state index in [1.54, 1.807) is 12.3 Å². The summed E-state index contributed by atoms with van der Waals surface area (Å²) in [6.07, 6.45) is 2.99. The number of amides is 1. The molecule has 0 bridgehead atoms. The summed E-state index contributed by atoms with van der Waals surface area (Å²) in [7, 11) is 0. The topological polar surface area (TPSA) is 77.3 Å². The minimum Gasteiger partial charge on any atom is -0.511 e. The molecule has 1 aromatic heterocycles. The van der Waals surface area contributed by atoms with Crippen molar-refractivity contribution in [2.75, 3.05) is 0 Å². The van der Waals surface area contributed by atoms with Crippen LogP contribution < -0.4 is 0 Å². The third-order valence-corrected chi connectivity index (χ3v) is 3.02. The summed E-state index contributed by atoms with van der Waals surface area (Å²) >= 11 is 0. The fourth-order valence-corrected chi connectivity index (χ4v) is 2.23. The highest BCUT2D eigenvalue weighted by molar-refractivity contribution is 6.22. The number of nitrogens with zero attached hydrogens (tertiary/aromatic N) is 2. The Morgan fingerprint density at radius 2 is 2.17 bits per heavy atom. The molecule has 2 rings (SSSR count). The largest absolute Gasteiger partial charge is 0.511 e. The van der Waals surface area contributed by atoms with Crippen molar-refractivity contribution < 1.29 is 9.90 Å². The maximum Gasteiger partial charge on any atom is 0.262 e. The van der Waals surface area contributed by atoms with E-state index in [2.05, 4.69) is 11.6 Å². The van der Waals surface area contributed by atoms with Gasteiger partial charge >= 0.3 is 0 Å². The lowest BCUT2D eigenvalue weighted by Gasteiger charge is -2.29. The number of aromatic nitrogens is 1. The molecular weight excluding hydrogens is 230 g/mol. The van der Waals surface area contributed by atoms with Crippen LogP contribution in [-0.4, -0.2) is 32.8 Å². The molecule has 0 aliphatic carbocycles. The zero-order chi connectivity index (χ0) is 13.4. The van der Waals surface area contributed by atoms with E-state index in [9.17, 15) is 9.90 Å². The van der Waals surface area contributed by atoms with Gasteiger partial charge in [0.25, 0.3) is 5.91 Å². The Hall–Kier alpha value is -2.17. The van der Waals surface area contributed by atoms with Gasteiger partial charge in [0, 0.05) is 18.0 Å². The van der Waals surface area contributed by atoms with Crippen molar-refractivity contribution in [1.82, 2.24) is 9.88 Å². The molecule has 1 atom stereocenters. The van der Waals surface area contributed by atoms with E-state index >= 15 is 0 Å². The van der Waals surface area contributed by atoms with Crippen molar-refractivity contribution in [3.8, 4) is 0 Å². The van der Waals surface area contributed by atoms with Crippen LogP contribution in [0, 0.1) is 11.3 Å². The Kier molecular flexibility index (Phi) is 2.90. The van der Waals surface area contributed by atoms with Crippen molar-refractivity contribution in [1.29, 1.82) is 5.41 Å². The average molecular weight is 245 g/mol. The van der Waals surface area contributed by atoms with Gasteiger partial charge in [0.2, 0.25) is 0 Å². The standard InChI is InChI=1S/C13H15N3O2/c1-7(2)11(8(3)17)16-12(14)9-4-5-15-6-10(9)13(16)18/h4-7,11,14,17H,3H2,1-2H3. The molecule has 0 saturated heterocycles. The molecule has 0 fully saturated rings. The van der Waals surface area contributed by atoms with E-state index in [0.717, 1.165) is 0 Å². The van der Waals surface area contributed by atoms with Crippen LogP contribution in [0.15, 0.2) is 30.8 Å². The quantitative estimate of drug-likeness (QED) is 0.799. The molecule has 5 nitrogen and oxygen atoms in total. The smallest absolute Gasteiger partial charge is 0.262 e. The second kappa shape index (κ2) is 4.25. The second-order valence-corrected chi connectivity index (χ2v) is 4.63. The van der Waals surface area contributed by atoms with Gasteiger partial charge in [-0.3, -0.25) is 20.1 Å². The molecule has 94 valence electrons. The summed E-state index contributed by atoms with van der Waals surface area (Å²) < 4.78 is 0. The number of fused-ring (bicyclic) bond motifs is 1. The molecule has 0 saturated carbocycles. The average Bonchev–Trinajstić information content (AvgIpc) is 2.55. The Bertz CT molecular complexity index is 502. The van der Waals surface area contributed by atoms with Gasteiger partial charge in [0.05, 0.1) is 11.6 Å². The molecule has 1 amide bonds. The molecule has 1 aliphatic rings. The number of hydrogen-bond acceptors (Lipinski definition) is 4. The zero-order valence-electron chi connectivity index (χ0n) is 10.3. The number of amidine groups is 1. The van der Waals surface area contributed by atoms with E-state index in [1.165, 1.54) is 11.1 Å². The van der Waals surface area contributed by atoms with Crippen molar-refractivity contribution in [2.45, 2.75) is 19.9 Å².